The number of anilines is 1. The molecular formula is C24H23F2N3O3. The summed E-state index contributed by atoms with van der Waals surface area (Å²) in [4.78, 5) is 26.7. The van der Waals surface area contributed by atoms with Gasteiger partial charge in [0.1, 0.15) is 0 Å². The minimum atomic E-state index is -0.844. The first-order valence-electron chi connectivity index (χ1n) is 10.4. The summed E-state index contributed by atoms with van der Waals surface area (Å²) >= 11 is 0. The second kappa shape index (κ2) is 9.74. The van der Waals surface area contributed by atoms with Gasteiger partial charge in [0.05, 0.1) is 6.26 Å². The number of amides is 2. The Morgan fingerprint density at radius 2 is 1.72 bits per heavy atom. The van der Waals surface area contributed by atoms with E-state index < -0.39 is 11.6 Å². The lowest BCUT2D eigenvalue weighted by molar-refractivity contribution is 0.0908. The number of carbonyl (C=O) groups is 2. The zero-order chi connectivity index (χ0) is 22.5. The number of hydrogen-bond acceptors (Lipinski definition) is 4. The molecule has 0 spiro atoms. The highest BCUT2D eigenvalue weighted by atomic mass is 19.2. The van der Waals surface area contributed by atoms with E-state index in [1.165, 1.54) is 12.3 Å². The van der Waals surface area contributed by atoms with Crippen LogP contribution in [0.25, 0.3) is 0 Å². The highest BCUT2D eigenvalue weighted by Crippen LogP contribution is 2.17. The largest absolute Gasteiger partial charge is 0.459 e. The molecule has 0 bridgehead atoms. The standard InChI is InChI=1S/C24H23F2N3O3/c25-20-8-3-16(14-21(20)26)15-29-11-9-19(10-12-29)27-23(30)17-4-6-18(7-5-17)28-24(31)22-2-1-13-32-22/h1-8,13-14,19H,9-12,15H2,(H,27,30)(H,28,31). The lowest BCUT2D eigenvalue weighted by Gasteiger charge is -2.32. The maximum atomic E-state index is 13.4. The Morgan fingerprint density at radius 1 is 0.969 bits per heavy atom. The van der Waals surface area contributed by atoms with Crippen LogP contribution in [-0.2, 0) is 6.54 Å². The van der Waals surface area contributed by atoms with Gasteiger partial charge in [0.15, 0.2) is 17.4 Å². The topological polar surface area (TPSA) is 74.6 Å². The number of hydrogen-bond donors (Lipinski definition) is 2. The molecule has 2 amide bonds. The van der Waals surface area contributed by atoms with Gasteiger partial charge in [-0.3, -0.25) is 14.5 Å². The Labute approximate surface area is 184 Å². The van der Waals surface area contributed by atoms with Gasteiger partial charge in [0.2, 0.25) is 0 Å². The number of nitrogens with zero attached hydrogens (tertiary/aromatic N) is 1. The van der Waals surface area contributed by atoms with Crippen molar-refractivity contribution in [2.75, 3.05) is 18.4 Å². The van der Waals surface area contributed by atoms with Gasteiger partial charge >= 0.3 is 0 Å². The van der Waals surface area contributed by atoms with E-state index in [-0.39, 0.29) is 23.6 Å². The molecule has 3 aromatic rings. The molecule has 0 aliphatic carbocycles. The Hall–Kier alpha value is -3.52. The van der Waals surface area contributed by atoms with E-state index in [1.54, 1.807) is 42.5 Å². The van der Waals surface area contributed by atoms with Crippen LogP contribution in [0.5, 0.6) is 0 Å². The third-order valence-corrected chi connectivity index (χ3v) is 5.46. The number of rotatable bonds is 6. The summed E-state index contributed by atoms with van der Waals surface area (Å²) in [5.74, 6) is -2.00. The van der Waals surface area contributed by atoms with Gasteiger partial charge in [0, 0.05) is 36.9 Å². The zero-order valence-corrected chi connectivity index (χ0v) is 17.3. The SMILES string of the molecule is O=C(NC1CCN(Cc2ccc(F)c(F)c2)CC1)c1ccc(NC(=O)c2ccco2)cc1. The second-order valence-electron chi connectivity index (χ2n) is 7.78. The molecule has 8 heteroatoms. The van der Waals surface area contributed by atoms with E-state index in [9.17, 15) is 18.4 Å². The summed E-state index contributed by atoms with van der Waals surface area (Å²) < 4.78 is 31.5. The molecule has 1 aliphatic heterocycles. The number of nitrogens with one attached hydrogen (secondary N) is 2. The van der Waals surface area contributed by atoms with Crippen LogP contribution in [0.4, 0.5) is 14.5 Å². The molecule has 0 unspecified atom stereocenters. The lowest BCUT2D eigenvalue weighted by atomic mass is 10.0. The fourth-order valence-corrected chi connectivity index (χ4v) is 3.71. The molecule has 166 valence electrons. The molecule has 2 N–H and O–H groups in total. The van der Waals surface area contributed by atoms with Gasteiger partial charge in [-0.1, -0.05) is 6.07 Å². The van der Waals surface area contributed by atoms with Crippen molar-refractivity contribution in [2.24, 2.45) is 0 Å². The average molecular weight is 439 g/mol. The maximum Gasteiger partial charge on any atom is 0.291 e. The molecule has 1 aliphatic rings. The predicted molar refractivity (Wildman–Crippen MR) is 115 cm³/mol. The van der Waals surface area contributed by atoms with Crippen LogP contribution >= 0.6 is 0 Å². The molecule has 1 saturated heterocycles. The molecule has 0 radical (unpaired) electrons. The van der Waals surface area contributed by atoms with Gasteiger partial charge in [-0.15, -0.1) is 0 Å². The Morgan fingerprint density at radius 3 is 2.38 bits per heavy atom. The van der Waals surface area contributed by atoms with Crippen LogP contribution in [0.15, 0.2) is 65.3 Å². The minimum Gasteiger partial charge on any atom is -0.459 e. The van der Waals surface area contributed by atoms with Crippen LogP contribution in [-0.4, -0.2) is 35.8 Å². The number of piperidine rings is 1. The van der Waals surface area contributed by atoms with Crippen molar-refractivity contribution >= 4 is 17.5 Å². The smallest absolute Gasteiger partial charge is 0.291 e. The van der Waals surface area contributed by atoms with Crippen LogP contribution in [0.3, 0.4) is 0 Å². The first-order valence-corrected chi connectivity index (χ1v) is 10.4. The van der Waals surface area contributed by atoms with Crippen molar-refractivity contribution in [1.29, 1.82) is 0 Å². The molecule has 0 saturated carbocycles. The Balaban J connectivity index is 1.24. The highest BCUT2D eigenvalue weighted by Gasteiger charge is 2.21. The van der Waals surface area contributed by atoms with E-state index in [1.807, 2.05) is 0 Å². The molecule has 0 atom stereocenters. The van der Waals surface area contributed by atoms with Crippen LogP contribution in [0, 0.1) is 11.6 Å². The third kappa shape index (κ3) is 5.39. The second-order valence-corrected chi connectivity index (χ2v) is 7.78. The summed E-state index contributed by atoms with van der Waals surface area (Å²) in [6.07, 6.45) is 2.97. The van der Waals surface area contributed by atoms with Crippen LogP contribution < -0.4 is 10.6 Å². The summed E-state index contributed by atoms with van der Waals surface area (Å²) in [5, 5.41) is 5.75. The molecule has 2 heterocycles. The molecule has 4 rings (SSSR count). The van der Waals surface area contributed by atoms with Crippen LogP contribution in [0.1, 0.15) is 39.3 Å². The van der Waals surface area contributed by atoms with Gasteiger partial charge < -0.3 is 15.1 Å². The number of halogens is 2. The van der Waals surface area contributed by atoms with Crippen molar-refractivity contribution in [3.8, 4) is 0 Å². The first kappa shape index (κ1) is 21.7. The summed E-state index contributed by atoms with van der Waals surface area (Å²) in [6, 6.07) is 13.9. The van der Waals surface area contributed by atoms with Gasteiger partial charge in [-0.2, -0.15) is 0 Å². The normalized spacial score (nSPS) is 14.8. The van der Waals surface area contributed by atoms with Crippen molar-refractivity contribution in [1.82, 2.24) is 10.2 Å². The third-order valence-electron chi connectivity index (χ3n) is 5.46. The molecule has 1 aromatic heterocycles. The number of benzene rings is 2. The monoisotopic (exact) mass is 439 g/mol. The van der Waals surface area contributed by atoms with Gasteiger partial charge in [0.25, 0.3) is 11.8 Å². The van der Waals surface area contributed by atoms with Crippen molar-refractivity contribution < 1.29 is 22.8 Å². The highest BCUT2D eigenvalue weighted by molar-refractivity contribution is 6.02. The lowest BCUT2D eigenvalue weighted by Crippen LogP contribution is -2.44. The summed E-state index contributed by atoms with van der Waals surface area (Å²) in [7, 11) is 0. The number of carbonyl (C=O) groups excluding carboxylic acids is 2. The number of likely N-dealkylation sites (tertiary alicyclic amines) is 1. The molecule has 32 heavy (non-hydrogen) atoms. The Bertz CT molecular complexity index is 1080. The zero-order valence-electron chi connectivity index (χ0n) is 17.3. The van der Waals surface area contributed by atoms with Gasteiger partial charge in [-0.25, -0.2) is 8.78 Å². The van der Waals surface area contributed by atoms with Crippen LogP contribution in [0.2, 0.25) is 0 Å². The van der Waals surface area contributed by atoms with E-state index in [0.29, 0.717) is 17.8 Å². The molecular weight excluding hydrogens is 416 g/mol. The van der Waals surface area contributed by atoms with Gasteiger partial charge in [-0.05, 0) is 66.9 Å². The molecule has 1 fully saturated rings. The average Bonchev–Trinajstić information content (AvgIpc) is 3.33. The number of furan rings is 1. The van der Waals surface area contributed by atoms with Crippen molar-refractivity contribution in [2.45, 2.75) is 25.4 Å². The molecule has 2 aromatic carbocycles. The fraction of sp³-hybridized carbons (Fsp3) is 0.250. The quantitative estimate of drug-likeness (QED) is 0.604. The van der Waals surface area contributed by atoms with E-state index in [4.69, 9.17) is 4.42 Å². The molecule has 6 nitrogen and oxygen atoms in total. The fourth-order valence-electron chi connectivity index (χ4n) is 3.71. The Kier molecular flexibility index (Phi) is 6.61. The minimum absolute atomic E-state index is 0.0436. The van der Waals surface area contributed by atoms with Crippen molar-refractivity contribution in [3.05, 3.63) is 89.4 Å². The summed E-state index contributed by atoms with van der Waals surface area (Å²) in [6.45, 7) is 2.05. The summed E-state index contributed by atoms with van der Waals surface area (Å²) in [5.41, 5.74) is 1.80. The van der Waals surface area contributed by atoms with E-state index in [2.05, 4.69) is 15.5 Å². The predicted octanol–water partition coefficient (Wildman–Crippen LogP) is 4.20. The van der Waals surface area contributed by atoms with Crippen molar-refractivity contribution in [3.63, 3.8) is 0 Å². The van der Waals surface area contributed by atoms with E-state index in [0.717, 1.165) is 37.6 Å². The maximum absolute atomic E-state index is 13.4. The first-order chi connectivity index (χ1) is 15.5. The van der Waals surface area contributed by atoms with E-state index >= 15 is 0 Å².